The molecule has 1 saturated heterocycles. The molecule has 2 aromatic carbocycles. The maximum Gasteiger partial charge on any atom is 0.226 e. The van der Waals surface area contributed by atoms with Crippen LogP contribution >= 0.6 is 0 Å². The van der Waals surface area contributed by atoms with Gasteiger partial charge in [0, 0.05) is 18.0 Å². The first-order valence-corrected chi connectivity index (χ1v) is 9.69. The van der Waals surface area contributed by atoms with Crippen LogP contribution in [-0.4, -0.2) is 23.9 Å². The van der Waals surface area contributed by atoms with Crippen molar-refractivity contribution in [3.63, 3.8) is 0 Å². The van der Waals surface area contributed by atoms with Crippen molar-refractivity contribution in [1.82, 2.24) is 10.3 Å². The van der Waals surface area contributed by atoms with Gasteiger partial charge in [-0.15, -0.1) is 0 Å². The third-order valence-electron chi connectivity index (χ3n) is 5.15. The quantitative estimate of drug-likeness (QED) is 0.624. The first kappa shape index (κ1) is 18.4. The molecule has 0 amide bonds. The van der Waals surface area contributed by atoms with E-state index in [9.17, 15) is 4.79 Å². The number of aldehydes is 1. The van der Waals surface area contributed by atoms with Crippen LogP contribution in [0.25, 0.3) is 11.5 Å². The summed E-state index contributed by atoms with van der Waals surface area (Å²) in [6, 6.07) is 18.2. The molecule has 0 aliphatic carbocycles. The van der Waals surface area contributed by atoms with Crippen LogP contribution in [0, 0.1) is 6.92 Å². The van der Waals surface area contributed by atoms with Crippen molar-refractivity contribution in [3.8, 4) is 17.2 Å². The summed E-state index contributed by atoms with van der Waals surface area (Å²) in [5.41, 5.74) is 3.09. The smallest absolute Gasteiger partial charge is 0.226 e. The van der Waals surface area contributed by atoms with Gasteiger partial charge >= 0.3 is 0 Å². The molecule has 0 saturated carbocycles. The van der Waals surface area contributed by atoms with Gasteiger partial charge in [0.15, 0.2) is 0 Å². The Morgan fingerprint density at radius 3 is 2.64 bits per heavy atom. The molecule has 4 rings (SSSR count). The van der Waals surface area contributed by atoms with E-state index in [0.717, 1.165) is 41.9 Å². The zero-order chi connectivity index (χ0) is 19.3. The number of nitrogens with one attached hydrogen (secondary N) is 1. The van der Waals surface area contributed by atoms with Crippen molar-refractivity contribution >= 4 is 6.29 Å². The van der Waals surface area contributed by atoms with E-state index in [1.807, 2.05) is 49.4 Å². The monoisotopic (exact) mass is 376 g/mol. The van der Waals surface area contributed by atoms with Gasteiger partial charge in [-0.2, -0.15) is 0 Å². The summed E-state index contributed by atoms with van der Waals surface area (Å²) in [5, 5.41) is 3.34. The lowest BCUT2D eigenvalue weighted by atomic mass is 10.1. The summed E-state index contributed by atoms with van der Waals surface area (Å²) < 4.78 is 11.7. The molecule has 1 aromatic heterocycles. The lowest BCUT2D eigenvalue weighted by Gasteiger charge is -2.12. The first-order chi connectivity index (χ1) is 13.7. The number of ether oxygens (including phenoxy) is 1. The van der Waals surface area contributed by atoms with Crippen LogP contribution < -0.4 is 10.1 Å². The lowest BCUT2D eigenvalue weighted by molar-refractivity contribution is -0.109. The van der Waals surface area contributed by atoms with Crippen LogP contribution in [0.2, 0.25) is 0 Å². The number of nitrogens with zero attached hydrogens (tertiary/aromatic N) is 1. The van der Waals surface area contributed by atoms with Gasteiger partial charge in [0.2, 0.25) is 5.89 Å². The van der Waals surface area contributed by atoms with Crippen molar-refractivity contribution < 1.29 is 13.9 Å². The average Bonchev–Trinajstić information content (AvgIpc) is 3.36. The number of carbonyl (C=O) groups excluding carboxylic acids is 1. The van der Waals surface area contributed by atoms with Crippen LogP contribution in [-0.2, 0) is 11.2 Å². The Hall–Kier alpha value is -2.92. The van der Waals surface area contributed by atoms with Crippen LogP contribution in [0.15, 0.2) is 59.0 Å². The van der Waals surface area contributed by atoms with Crippen molar-refractivity contribution in [3.05, 3.63) is 71.6 Å². The maximum atomic E-state index is 10.9. The Bertz CT molecular complexity index is 919. The molecule has 28 heavy (non-hydrogen) atoms. The van der Waals surface area contributed by atoms with Crippen LogP contribution in [0.1, 0.15) is 35.9 Å². The molecule has 0 radical (unpaired) electrons. The third kappa shape index (κ3) is 4.15. The van der Waals surface area contributed by atoms with Crippen LogP contribution in [0.5, 0.6) is 5.75 Å². The van der Waals surface area contributed by atoms with Crippen molar-refractivity contribution in [2.45, 2.75) is 38.3 Å². The van der Waals surface area contributed by atoms with Gasteiger partial charge < -0.3 is 19.3 Å². The van der Waals surface area contributed by atoms with E-state index in [-0.39, 0.29) is 12.1 Å². The minimum absolute atomic E-state index is 0.0209. The number of benzene rings is 2. The van der Waals surface area contributed by atoms with E-state index in [4.69, 9.17) is 9.15 Å². The largest absolute Gasteiger partial charge is 0.493 e. The molecule has 2 atom stereocenters. The number of hydrogen-bond acceptors (Lipinski definition) is 5. The number of carbonyl (C=O) groups is 1. The number of aryl methyl sites for hydroxylation is 1. The molecule has 0 bridgehead atoms. The number of aromatic nitrogens is 1. The molecule has 1 aliphatic rings. The van der Waals surface area contributed by atoms with E-state index in [0.29, 0.717) is 18.9 Å². The van der Waals surface area contributed by atoms with E-state index in [1.165, 1.54) is 5.56 Å². The fourth-order valence-corrected chi connectivity index (χ4v) is 3.57. The highest BCUT2D eigenvalue weighted by molar-refractivity contribution is 5.58. The number of oxazole rings is 1. The van der Waals surface area contributed by atoms with E-state index in [2.05, 4.69) is 22.4 Å². The average molecular weight is 376 g/mol. The van der Waals surface area contributed by atoms with Gasteiger partial charge in [-0.25, -0.2) is 4.98 Å². The van der Waals surface area contributed by atoms with Crippen LogP contribution in [0.4, 0.5) is 0 Å². The second kappa shape index (κ2) is 8.40. The Morgan fingerprint density at radius 2 is 1.93 bits per heavy atom. The Labute approximate surface area is 164 Å². The molecule has 1 fully saturated rings. The molecule has 1 aliphatic heterocycles. The van der Waals surface area contributed by atoms with Crippen molar-refractivity contribution in [2.75, 3.05) is 6.61 Å². The minimum atomic E-state index is -0.0209. The summed E-state index contributed by atoms with van der Waals surface area (Å²) >= 11 is 0. The molecular weight excluding hydrogens is 352 g/mol. The fraction of sp³-hybridized carbons (Fsp3) is 0.304. The number of rotatable bonds is 7. The number of hydrogen-bond donors (Lipinski definition) is 1. The zero-order valence-electron chi connectivity index (χ0n) is 15.9. The fourth-order valence-electron chi connectivity index (χ4n) is 3.57. The summed E-state index contributed by atoms with van der Waals surface area (Å²) in [6.07, 6.45) is 3.56. The topological polar surface area (TPSA) is 64.4 Å². The van der Waals surface area contributed by atoms with E-state index < -0.39 is 0 Å². The summed E-state index contributed by atoms with van der Waals surface area (Å²) in [4.78, 5) is 15.5. The van der Waals surface area contributed by atoms with Gasteiger partial charge in [-0.05, 0) is 49.6 Å². The molecule has 0 unspecified atom stereocenters. The second-order valence-electron chi connectivity index (χ2n) is 7.09. The highest BCUT2D eigenvalue weighted by Gasteiger charge is 2.24. The Kier molecular flexibility index (Phi) is 5.53. The van der Waals surface area contributed by atoms with Crippen molar-refractivity contribution in [2.24, 2.45) is 0 Å². The van der Waals surface area contributed by atoms with Gasteiger partial charge in [0.25, 0.3) is 0 Å². The highest BCUT2D eigenvalue weighted by Crippen LogP contribution is 2.27. The molecule has 3 aromatic rings. The first-order valence-electron chi connectivity index (χ1n) is 9.69. The molecule has 5 heteroatoms. The zero-order valence-corrected chi connectivity index (χ0v) is 15.9. The Morgan fingerprint density at radius 1 is 1.14 bits per heavy atom. The molecule has 144 valence electrons. The van der Waals surface area contributed by atoms with Gasteiger partial charge in [-0.1, -0.05) is 30.3 Å². The SMILES string of the molecule is Cc1oc(-c2ccccc2)nc1CCOc1ccc([C@@H]2CC[C@@H](C=O)N2)cc1. The summed E-state index contributed by atoms with van der Waals surface area (Å²) in [7, 11) is 0. The predicted molar refractivity (Wildman–Crippen MR) is 107 cm³/mol. The standard InChI is InChI=1S/C23H24N2O3/c1-16-21(25-23(28-16)18-5-3-2-4-6-18)13-14-27-20-10-7-17(8-11-20)22-12-9-19(15-26)24-22/h2-8,10-11,15,19,22,24H,9,12-14H2,1H3/t19-,22-/m0/s1. The highest BCUT2D eigenvalue weighted by atomic mass is 16.5. The Balaban J connectivity index is 1.32. The lowest BCUT2D eigenvalue weighted by Crippen LogP contribution is -2.25. The molecular formula is C23H24N2O3. The van der Waals surface area contributed by atoms with E-state index >= 15 is 0 Å². The van der Waals surface area contributed by atoms with Gasteiger partial charge in [0.05, 0.1) is 18.3 Å². The normalized spacial score (nSPS) is 18.9. The van der Waals surface area contributed by atoms with Crippen molar-refractivity contribution in [1.29, 1.82) is 0 Å². The maximum absolute atomic E-state index is 10.9. The van der Waals surface area contributed by atoms with Crippen LogP contribution in [0.3, 0.4) is 0 Å². The molecule has 5 nitrogen and oxygen atoms in total. The summed E-state index contributed by atoms with van der Waals surface area (Å²) in [6.45, 7) is 2.47. The van der Waals surface area contributed by atoms with Gasteiger partial charge in [0.1, 0.15) is 17.8 Å². The summed E-state index contributed by atoms with van der Waals surface area (Å²) in [5.74, 6) is 2.31. The van der Waals surface area contributed by atoms with E-state index in [1.54, 1.807) is 0 Å². The minimum Gasteiger partial charge on any atom is -0.493 e. The third-order valence-corrected chi connectivity index (χ3v) is 5.15. The van der Waals surface area contributed by atoms with Gasteiger partial charge in [-0.3, -0.25) is 0 Å². The molecule has 1 N–H and O–H groups in total. The predicted octanol–water partition coefficient (Wildman–Crippen LogP) is 4.26. The molecule has 2 heterocycles. The molecule has 0 spiro atoms. The second-order valence-corrected chi connectivity index (χ2v) is 7.09.